The van der Waals surface area contributed by atoms with Crippen molar-refractivity contribution in [2.75, 3.05) is 18.5 Å². The van der Waals surface area contributed by atoms with Gasteiger partial charge in [-0.3, -0.25) is 0 Å². The number of anilines is 1. The fourth-order valence-corrected chi connectivity index (χ4v) is 2.22. The molecule has 0 radical (unpaired) electrons. The summed E-state index contributed by atoms with van der Waals surface area (Å²) in [4.78, 5) is 11.9. The van der Waals surface area contributed by atoms with E-state index in [2.05, 4.69) is 10.6 Å². The van der Waals surface area contributed by atoms with E-state index in [1.807, 2.05) is 12.1 Å². The number of aromatic hydroxyl groups is 3. The van der Waals surface area contributed by atoms with Crippen molar-refractivity contribution in [3.63, 3.8) is 0 Å². The Morgan fingerprint density at radius 2 is 1.79 bits per heavy atom. The van der Waals surface area contributed by atoms with Gasteiger partial charge in [-0.25, -0.2) is 4.79 Å². The second-order valence-corrected chi connectivity index (χ2v) is 5.20. The summed E-state index contributed by atoms with van der Waals surface area (Å²) in [6, 6.07) is 8.93. The number of hydrogen-bond donors (Lipinski definition) is 5. The van der Waals surface area contributed by atoms with Crippen LogP contribution < -0.4 is 20.1 Å². The Morgan fingerprint density at radius 1 is 1.12 bits per heavy atom. The van der Waals surface area contributed by atoms with E-state index in [1.54, 1.807) is 12.1 Å². The van der Waals surface area contributed by atoms with Gasteiger partial charge in [-0.1, -0.05) is 12.1 Å². The molecule has 0 fully saturated rings. The number of benzene rings is 2. The first-order valence-corrected chi connectivity index (χ1v) is 7.21. The summed E-state index contributed by atoms with van der Waals surface area (Å²) in [6.45, 7) is 0.508. The number of nitrogens with one attached hydrogen (secondary N) is 2. The van der Waals surface area contributed by atoms with Crippen LogP contribution in [-0.4, -0.2) is 40.6 Å². The van der Waals surface area contributed by atoms with Crippen LogP contribution in [0.15, 0.2) is 36.4 Å². The molecule has 0 saturated carbocycles. The van der Waals surface area contributed by atoms with Crippen molar-refractivity contribution in [3.05, 3.63) is 36.4 Å². The Morgan fingerprint density at radius 3 is 2.50 bits per heavy atom. The van der Waals surface area contributed by atoms with Crippen LogP contribution >= 0.6 is 0 Å². The number of ether oxygens (including phenoxy) is 2. The molecule has 8 nitrogen and oxygen atoms in total. The van der Waals surface area contributed by atoms with Crippen molar-refractivity contribution in [1.82, 2.24) is 5.32 Å². The van der Waals surface area contributed by atoms with Crippen LogP contribution in [0.4, 0.5) is 10.5 Å². The molecule has 0 saturated heterocycles. The van der Waals surface area contributed by atoms with Gasteiger partial charge >= 0.3 is 6.03 Å². The molecule has 1 aliphatic rings. The molecular weight excluding hydrogens is 316 g/mol. The highest BCUT2D eigenvalue weighted by molar-refractivity contribution is 5.90. The number of rotatable bonds is 3. The van der Waals surface area contributed by atoms with Crippen molar-refractivity contribution >= 4 is 11.7 Å². The predicted molar refractivity (Wildman–Crippen MR) is 84.8 cm³/mol. The lowest BCUT2D eigenvalue weighted by Gasteiger charge is -2.26. The van der Waals surface area contributed by atoms with Gasteiger partial charge < -0.3 is 35.4 Å². The van der Waals surface area contributed by atoms with Crippen molar-refractivity contribution in [3.8, 4) is 28.7 Å². The van der Waals surface area contributed by atoms with Gasteiger partial charge in [0.15, 0.2) is 34.9 Å². The number of para-hydroxylation sites is 2. The average molecular weight is 332 g/mol. The lowest BCUT2D eigenvalue weighted by molar-refractivity contribution is 0.0922. The van der Waals surface area contributed by atoms with Gasteiger partial charge in [-0.2, -0.15) is 0 Å². The lowest BCUT2D eigenvalue weighted by Crippen LogP contribution is -2.42. The third-order valence-corrected chi connectivity index (χ3v) is 3.39. The number of phenols is 3. The highest BCUT2D eigenvalue weighted by atomic mass is 16.6. The van der Waals surface area contributed by atoms with E-state index in [-0.39, 0.29) is 18.3 Å². The molecule has 1 atom stereocenters. The van der Waals surface area contributed by atoms with E-state index in [1.165, 1.54) is 0 Å². The van der Waals surface area contributed by atoms with Crippen molar-refractivity contribution < 1.29 is 29.6 Å². The minimum Gasteiger partial charge on any atom is -0.504 e. The van der Waals surface area contributed by atoms with Crippen LogP contribution in [0, 0.1) is 0 Å². The Balaban J connectivity index is 1.53. The van der Waals surface area contributed by atoms with E-state index in [4.69, 9.17) is 9.47 Å². The van der Waals surface area contributed by atoms with Gasteiger partial charge in [0.25, 0.3) is 0 Å². The van der Waals surface area contributed by atoms with Crippen LogP contribution in [0.25, 0.3) is 0 Å². The van der Waals surface area contributed by atoms with E-state index >= 15 is 0 Å². The van der Waals surface area contributed by atoms with Crippen LogP contribution in [0.1, 0.15) is 0 Å². The molecule has 24 heavy (non-hydrogen) atoms. The lowest BCUT2D eigenvalue weighted by atomic mass is 10.2. The molecule has 0 spiro atoms. The Labute approximate surface area is 137 Å². The van der Waals surface area contributed by atoms with E-state index in [0.717, 1.165) is 12.1 Å². The molecule has 3 rings (SSSR count). The number of amides is 2. The molecule has 1 aliphatic heterocycles. The van der Waals surface area contributed by atoms with Gasteiger partial charge in [-0.05, 0) is 12.1 Å². The number of carbonyl (C=O) groups is 1. The number of urea groups is 1. The highest BCUT2D eigenvalue weighted by Crippen LogP contribution is 2.37. The van der Waals surface area contributed by atoms with Crippen LogP contribution in [0.3, 0.4) is 0 Å². The molecule has 0 aliphatic carbocycles. The van der Waals surface area contributed by atoms with Crippen LogP contribution in [0.2, 0.25) is 0 Å². The first kappa shape index (κ1) is 15.6. The monoisotopic (exact) mass is 332 g/mol. The number of hydrogen-bond acceptors (Lipinski definition) is 6. The fourth-order valence-electron chi connectivity index (χ4n) is 2.22. The second-order valence-electron chi connectivity index (χ2n) is 5.20. The number of fused-ring (bicyclic) bond motifs is 1. The maximum Gasteiger partial charge on any atom is 0.319 e. The average Bonchev–Trinajstić information content (AvgIpc) is 2.57. The molecule has 2 aromatic rings. The minimum atomic E-state index is -0.646. The molecule has 1 unspecified atom stereocenters. The molecule has 8 heteroatoms. The standard InChI is InChI=1S/C16H16N2O6/c19-11-5-9(6-12(20)15(11)21)18-16(22)17-7-10-8-23-13-3-1-2-4-14(13)24-10/h1-6,10,19-21H,7-8H2,(H2,17,18,22). The summed E-state index contributed by atoms with van der Waals surface area (Å²) in [7, 11) is 0. The third kappa shape index (κ3) is 3.37. The highest BCUT2D eigenvalue weighted by Gasteiger charge is 2.21. The summed E-state index contributed by atoms with van der Waals surface area (Å²) in [5, 5.41) is 33.1. The van der Waals surface area contributed by atoms with Gasteiger partial charge in [0.2, 0.25) is 0 Å². The van der Waals surface area contributed by atoms with Crippen LogP contribution in [0.5, 0.6) is 28.7 Å². The normalized spacial score (nSPS) is 15.6. The minimum absolute atomic E-state index is 0.131. The molecule has 126 valence electrons. The zero-order valence-electron chi connectivity index (χ0n) is 12.5. The van der Waals surface area contributed by atoms with Gasteiger partial charge in [0.1, 0.15) is 6.61 Å². The molecule has 1 heterocycles. The largest absolute Gasteiger partial charge is 0.504 e. The molecular formula is C16H16N2O6. The second kappa shape index (κ2) is 6.45. The quantitative estimate of drug-likeness (QED) is 0.431. The fraction of sp³-hybridized carbons (Fsp3) is 0.188. The molecule has 0 bridgehead atoms. The van der Waals surface area contributed by atoms with Gasteiger partial charge in [0, 0.05) is 12.1 Å². The molecule has 2 amide bonds. The van der Waals surface area contributed by atoms with Crippen molar-refractivity contribution in [2.45, 2.75) is 6.10 Å². The van der Waals surface area contributed by atoms with Gasteiger partial charge in [0.05, 0.1) is 12.2 Å². The molecule has 2 aromatic carbocycles. The van der Waals surface area contributed by atoms with Gasteiger partial charge in [-0.15, -0.1) is 0 Å². The molecule has 5 N–H and O–H groups in total. The Bertz CT molecular complexity index is 741. The topological polar surface area (TPSA) is 120 Å². The number of phenolic OH excluding ortho intramolecular Hbond substituents is 3. The smallest absolute Gasteiger partial charge is 0.319 e. The zero-order valence-corrected chi connectivity index (χ0v) is 12.5. The molecule has 0 aromatic heterocycles. The third-order valence-electron chi connectivity index (χ3n) is 3.39. The first-order valence-electron chi connectivity index (χ1n) is 7.21. The van der Waals surface area contributed by atoms with E-state index in [0.29, 0.717) is 18.1 Å². The van der Waals surface area contributed by atoms with E-state index < -0.39 is 23.3 Å². The summed E-state index contributed by atoms with van der Waals surface area (Å²) in [6.07, 6.45) is -0.340. The first-order chi connectivity index (χ1) is 11.5. The summed E-state index contributed by atoms with van der Waals surface area (Å²) >= 11 is 0. The van der Waals surface area contributed by atoms with Crippen LogP contribution in [-0.2, 0) is 0 Å². The maximum atomic E-state index is 11.9. The number of carbonyl (C=O) groups excluding carboxylic acids is 1. The Kier molecular flexibility index (Phi) is 4.19. The summed E-state index contributed by atoms with van der Waals surface area (Å²) < 4.78 is 11.2. The Hall–Kier alpha value is -3.29. The van der Waals surface area contributed by atoms with E-state index in [9.17, 15) is 20.1 Å². The van der Waals surface area contributed by atoms with Crippen molar-refractivity contribution in [1.29, 1.82) is 0 Å². The predicted octanol–water partition coefficient (Wildman–Crippen LogP) is 1.76. The SMILES string of the molecule is O=C(NCC1COc2ccccc2O1)Nc1cc(O)c(O)c(O)c1. The summed E-state index contributed by atoms with van der Waals surface area (Å²) in [5.41, 5.74) is 0.131. The summed E-state index contributed by atoms with van der Waals surface area (Å²) in [5.74, 6) is -0.443. The maximum absolute atomic E-state index is 11.9. The zero-order chi connectivity index (χ0) is 17.1. The van der Waals surface area contributed by atoms with Crippen molar-refractivity contribution in [2.24, 2.45) is 0 Å².